The first-order chi connectivity index (χ1) is 15.3. The summed E-state index contributed by atoms with van der Waals surface area (Å²) in [6.07, 6.45) is 0. The van der Waals surface area contributed by atoms with Crippen LogP contribution in [-0.2, 0) is 20.7 Å². The zero-order valence-corrected chi connectivity index (χ0v) is 20.1. The Morgan fingerprint density at radius 2 is 1.58 bits per heavy atom. The van der Waals surface area contributed by atoms with Crippen molar-refractivity contribution in [2.45, 2.75) is 59.4 Å². The van der Waals surface area contributed by atoms with E-state index in [4.69, 9.17) is 19.9 Å². The van der Waals surface area contributed by atoms with E-state index >= 15 is 4.39 Å². The van der Waals surface area contributed by atoms with Gasteiger partial charge in [-0.05, 0) is 65.3 Å². The van der Waals surface area contributed by atoms with Gasteiger partial charge in [0.1, 0.15) is 5.82 Å². The highest BCUT2D eigenvalue weighted by Crippen LogP contribution is 2.37. The third-order valence-corrected chi connectivity index (χ3v) is 6.29. The number of benzene rings is 2. The molecule has 0 aromatic heterocycles. The van der Waals surface area contributed by atoms with Crippen LogP contribution >= 0.6 is 0 Å². The molecule has 3 N–H and O–H groups in total. The van der Waals surface area contributed by atoms with Crippen molar-refractivity contribution in [2.75, 3.05) is 7.11 Å². The molecule has 1 amide bonds. The van der Waals surface area contributed by atoms with Gasteiger partial charge in [0.25, 0.3) is 5.91 Å². The number of hydrogen-bond donors (Lipinski definition) is 2. The van der Waals surface area contributed by atoms with Crippen LogP contribution in [0.2, 0.25) is 0 Å². The van der Waals surface area contributed by atoms with Gasteiger partial charge in [0.15, 0.2) is 5.78 Å². The van der Waals surface area contributed by atoms with Crippen molar-refractivity contribution < 1.29 is 28.0 Å². The number of nitrogen functional groups attached to an aromatic ring is 1. The van der Waals surface area contributed by atoms with Crippen LogP contribution in [0.15, 0.2) is 24.3 Å². The molecule has 2 aromatic carbocycles. The number of hydrogen-bond acceptors (Lipinski definition) is 6. The number of carbonyl (C=O) groups excluding carboxylic acids is 2. The second-order valence-electron chi connectivity index (χ2n) is 9.38. The predicted molar refractivity (Wildman–Crippen MR) is 124 cm³/mol. The van der Waals surface area contributed by atoms with Crippen LogP contribution in [0.25, 0.3) is 0 Å². The molecule has 1 aliphatic heterocycles. The molecule has 1 heterocycles. The second kappa shape index (κ2) is 8.98. The molecule has 0 saturated carbocycles. The molecular weight excluding hydrogens is 426 g/mol. The maximum absolute atomic E-state index is 15.8. The van der Waals surface area contributed by atoms with Crippen molar-refractivity contribution in [3.8, 4) is 0 Å². The van der Waals surface area contributed by atoms with Gasteiger partial charge in [0.2, 0.25) is 0 Å². The number of nitrogens with one attached hydrogen (secondary N) is 1. The van der Waals surface area contributed by atoms with Crippen LogP contribution in [0.1, 0.15) is 70.7 Å². The van der Waals surface area contributed by atoms with E-state index < -0.39 is 30.0 Å². The third-order valence-electron chi connectivity index (χ3n) is 6.29. The number of ketones is 1. The maximum Gasteiger partial charge on any atom is 0.498 e. The Balaban J connectivity index is 2.30. The number of halogens is 1. The smallest absolute Gasteiger partial charge is 0.399 e. The summed E-state index contributed by atoms with van der Waals surface area (Å²) in [4.78, 5) is 26.1. The Labute approximate surface area is 193 Å². The summed E-state index contributed by atoms with van der Waals surface area (Å²) in [5.41, 5.74) is 2.57. The first-order valence-electron chi connectivity index (χ1n) is 10.7. The van der Waals surface area contributed by atoms with Crippen LogP contribution in [0, 0.1) is 19.7 Å². The molecule has 9 heteroatoms. The molecule has 0 bridgehead atoms. The Hall–Kier alpha value is -2.59. The van der Waals surface area contributed by atoms with Crippen molar-refractivity contribution in [2.24, 2.45) is 5.84 Å². The summed E-state index contributed by atoms with van der Waals surface area (Å²) >= 11 is 0. The highest BCUT2D eigenvalue weighted by Gasteiger charge is 2.53. The summed E-state index contributed by atoms with van der Waals surface area (Å²) in [5, 5.41) is 0. The van der Waals surface area contributed by atoms with E-state index in [2.05, 4.69) is 0 Å². The largest absolute Gasteiger partial charge is 0.498 e. The normalized spacial score (nSPS) is 16.7. The minimum Gasteiger partial charge on any atom is -0.399 e. The first-order valence-corrected chi connectivity index (χ1v) is 10.7. The lowest BCUT2D eigenvalue weighted by Gasteiger charge is -2.32. The molecule has 0 radical (unpaired) electrons. The van der Waals surface area contributed by atoms with Gasteiger partial charge >= 0.3 is 7.12 Å². The van der Waals surface area contributed by atoms with Gasteiger partial charge in [0.05, 0.1) is 23.4 Å². The van der Waals surface area contributed by atoms with Gasteiger partial charge in [-0.1, -0.05) is 17.2 Å². The Kier molecular flexibility index (Phi) is 6.82. The zero-order chi connectivity index (χ0) is 24.7. The van der Waals surface area contributed by atoms with E-state index in [-0.39, 0.29) is 34.5 Å². The molecule has 176 valence electrons. The molecule has 0 aliphatic carbocycles. The number of aryl methyl sites for hydroxylation is 2. The lowest BCUT2D eigenvalue weighted by Crippen LogP contribution is -2.43. The van der Waals surface area contributed by atoms with Gasteiger partial charge in [-0.3, -0.25) is 15.0 Å². The van der Waals surface area contributed by atoms with E-state index in [0.29, 0.717) is 5.56 Å². The molecule has 0 spiro atoms. The molecule has 1 saturated heterocycles. The lowest BCUT2D eigenvalue weighted by molar-refractivity contribution is 0.00578. The van der Waals surface area contributed by atoms with Gasteiger partial charge in [0, 0.05) is 23.7 Å². The number of hydrazine groups is 1. The van der Waals surface area contributed by atoms with E-state index in [1.54, 1.807) is 12.1 Å². The van der Waals surface area contributed by atoms with E-state index in [1.165, 1.54) is 13.2 Å². The van der Waals surface area contributed by atoms with Crippen molar-refractivity contribution in [1.29, 1.82) is 0 Å². The average Bonchev–Trinajstić information content (AvgIpc) is 2.93. The minimum absolute atomic E-state index is 0.0516. The molecule has 1 aliphatic rings. The maximum atomic E-state index is 15.8. The summed E-state index contributed by atoms with van der Waals surface area (Å²) < 4.78 is 33.3. The lowest BCUT2D eigenvalue weighted by atomic mass is 9.72. The zero-order valence-electron chi connectivity index (χ0n) is 20.1. The van der Waals surface area contributed by atoms with Gasteiger partial charge in [-0.15, -0.1) is 0 Å². The van der Waals surface area contributed by atoms with E-state index in [9.17, 15) is 9.59 Å². The Morgan fingerprint density at radius 1 is 1.03 bits per heavy atom. The monoisotopic (exact) mass is 456 g/mol. The number of carbonyl (C=O) groups is 2. The van der Waals surface area contributed by atoms with Crippen molar-refractivity contribution in [1.82, 2.24) is 5.43 Å². The number of methoxy groups -OCH3 is 1. The minimum atomic E-state index is -1.16. The molecular formula is C24H30BFN2O5. The standard InChI is InChI=1S/C24H30BFN2O5/c1-13-8-14(2)10-15(9-13)21(29)16-11-17(22(30)28-27)20(26)19(18(16)12-31-7)25-32-23(3,4)24(5,6)33-25/h8-11H,12,27H2,1-7H3,(H,28,30). The summed E-state index contributed by atoms with van der Waals surface area (Å²) in [7, 11) is 0.286. The topological polar surface area (TPSA) is 99.9 Å². The van der Waals surface area contributed by atoms with E-state index in [0.717, 1.165) is 11.1 Å². The quantitative estimate of drug-likeness (QED) is 0.228. The number of rotatable bonds is 6. The van der Waals surface area contributed by atoms with Gasteiger partial charge in [-0.25, -0.2) is 10.2 Å². The molecule has 2 aromatic rings. The van der Waals surface area contributed by atoms with Gasteiger partial charge in [-0.2, -0.15) is 0 Å². The average molecular weight is 456 g/mol. The Bertz CT molecular complexity index is 1080. The number of amides is 1. The van der Waals surface area contributed by atoms with E-state index in [1.807, 2.05) is 53.0 Å². The molecule has 1 fully saturated rings. The van der Waals surface area contributed by atoms with Crippen molar-refractivity contribution in [3.05, 3.63) is 63.5 Å². The third kappa shape index (κ3) is 4.59. The fourth-order valence-electron chi connectivity index (χ4n) is 3.93. The summed E-state index contributed by atoms with van der Waals surface area (Å²) in [6, 6.07) is 6.64. The highest BCUT2D eigenvalue weighted by molar-refractivity contribution is 6.63. The summed E-state index contributed by atoms with van der Waals surface area (Å²) in [5.74, 6) is 3.17. The van der Waals surface area contributed by atoms with Crippen LogP contribution < -0.4 is 16.7 Å². The predicted octanol–water partition coefficient (Wildman–Crippen LogP) is 2.72. The second-order valence-corrected chi connectivity index (χ2v) is 9.38. The van der Waals surface area contributed by atoms with Crippen LogP contribution in [-0.4, -0.2) is 37.1 Å². The van der Waals surface area contributed by atoms with Crippen LogP contribution in [0.5, 0.6) is 0 Å². The summed E-state index contributed by atoms with van der Waals surface area (Å²) in [6.45, 7) is 11.0. The fourth-order valence-corrected chi connectivity index (χ4v) is 3.93. The molecule has 0 unspecified atom stereocenters. The first kappa shape index (κ1) is 25.0. The molecule has 7 nitrogen and oxygen atoms in total. The molecule has 3 rings (SSSR count). The van der Waals surface area contributed by atoms with Crippen LogP contribution in [0.3, 0.4) is 0 Å². The van der Waals surface area contributed by atoms with Gasteiger partial charge < -0.3 is 14.0 Å². The van der Waals surface area contributed by atoms with Crippen LogP contribution in [0.4, 0.5) is 4.39 Å². The number of ether oxygens (including phenoxy) is 1. The highest BCUT2D eigenvalue weighted by atomic mass is 19.1. The Morgan fingerprint density at radius 3 is 2.06 bits per heavy atom. The SMILES string of the molecule is COCc1c(C(=O)c2cc(C)cc(C)c2)cc(C(=O)NN)c(F)c1B1OC(C)(C)C(C)(C)O1. The number of nitrogens with two attached hydrogens (primary N) is 1. The molecule has 0 atom stereocenters. The molecule has 33 heavy (non-hydrogen) atoms. The fraction of sp³-hybridized carbons (Fsp3) is 0.417. The van der Waals surface area contributed by atoms with Crippen molar-refractivity contribution in [3.63, 3.8) is 0 Å². The van der Waals surface area contributed by atoms with Crippen molar-refractivity contribution >= 4 is 24.3 Å².